The number of hydrogen-bond donors (Lipinski definition) is 1. The van der Waals surface area contributed by atoms with Gasteiger partial charge in [-0.15, -0.1) is 0 Å². The molecule has 0 bridgehead atoms. The molecule has 1 aromatic heterocycles. The van der Waals surface area contributed by atoms with Gasteiger partial charge in [0, 0.05) is 31.7 Å². The summed E-state index contributed by atoms with van der Waals surface area (Å²) >= 11 is 0. The Morgan fingerprint density at radius 3 is 2.23 bits per heavy atom. The lowest BCUT2D eigenvalue weighted by Gasteiger charge is -2.26. The van der Waals surface area contributed by atoms with Crippen molar-refractivity contribution in [2.75, 3.05) is 32.8 Å². The van der Waals surface area contributed by atoms with Crippen LogP contribution in [0.4, 0.5) is 0 Å². The van der Waals surface area contributed by atoms with E-state index in [1.165, 1.54) is 4.31 Å². The summed E-state index contributed by atoms with van der Waals surface area (Å²) in [5.74, 6) is -0.0192. The largest absolute Gasteiger partial charge is 0.379 e. The van der Waals surface area contributed by atoms with Crippen LogP contribution in [0.25, 0.3) is 5.69 Å². The van der Waals surface area contributed by atoms with Gasteiger partial charge in [-0.05, 0) is 68.1 Å². The normalized spacial score (nSPS) is 14.7. The van der Waals surface area contributed by atoms with E-state index >= 15 is 0 Å². The second-order valence-electron chi connectivity index (χ2n) is 8.77. The van der Waals surface area contributed by atoms with Gasteiger partial charge in [0.1, 0.15) is 0 Å². The van der Waals surface area contributed by atoms with Crippen LogP contribution in [0.2, 0.25) is 0 Å². The highest BCUT2D eigenvalue weighted by atomic mass is 32.2. The van der Waals surface area contributed by atoms with E-state index in [0.717, 1.165) is 34.6 Å². The molecule has 2 aromatic carbocycles. The SMILES string of the molecule is Cc1cc(C)n(-c2ccc(CCNC(=O)CCc3ccc(S(=O)(=O)N4CCOCC4)cc3)cc2)n1. The Morgan fingerprint density at radius 1 is 0.971 bits per heavy atom. The van der Waals surface area contributed by atoms with E-state index in [9.17, 15) is 13.2 Å². The van der Waals surface area contributed by atoms with E-state index in [2.05, 4.69) is 22.5 Å². The Labute approximate surface area is 207 Å². The summed E-state index contributed by atoms with van der Waals surface area (Å²) in [5.41, 5.74) is 5.18. The summed E-state index contributed by atoms with van der Waals surface area (Å²) in [5, 5.41) is 7.47. The average molecular weight is 497 g/mol. The van der Waals surface area contributed by atoms with Crippen molar-refractivity contribution in [1.82, 2.24) is 19.4 Å². The number of nitrogens with zero attached hydrogens (tertiary/aromatic N) is 3. The molecule has 0 atom stereocenters. The number of nitrogens with one attached hydrogen (secondary N) is 1. The maximum atomic E-state index is 12.7. The number of aryl methyl sites for hydroxylation is 3. The fraction of sp³-hybridized carbons (Fsp3) is 0.385. The number of carbonyl (C=O) groups is 1. The van der Waals surface area contributed by atoms with Gasteiger partial charge in [0.15, 0.2) is 0 Å². The zero-order chi connectivity index (χ0) is 24.8. The van der Waals surface area contributed by atoms with Gasteiger partial charge in [-0.3, -0.25) is 4.79 Å². The zero-order valence-corrected chi connectivity index (χ0v) is 21.1. The standard InChI is InChI=1S/C26H32N4O4S/c1-20-19-21(2)30(28-20)24-8-3-23(4-9-24)13-14-27-26(31)12-7-22-5-10-25(11-6-22)35(32,33)29-15-17-34-18-16-29/h3-6,8-11,19H,7,12-18H2,1-2H3,(H,27,31). The van der Waals surface area contributed by atoms with Gasteiger partial charge in [0.25, 0.3) is 0 Å². The lowest BCUT2D eigenvalue weighted by molar-refractivity contribution is -0.121. The molecule has 1 amide bonds. The number of morpholine rings is 1. The van der Waals surface area contributed by atoms with Crippen LogP contribution in [0.15, 0.2) is 59.5 Å². The van der Waals surface area contributed by atoms with Gasteiger partial charge in [-0.2, -0.15) is 9.40 Å². The number of sulfonamides is 1. The number of benzene rings is 2. The van der Waals surface area contributed by atoms with Crippen molar-refractivity contribution in [2.45, 2.75) is 38.0 Å². The monoisotopic (exact) mass is 496 g/mol. The van der Waals surface area contributed by atoms with Crippen molar-refractivity contribution in [3.63, 3.8) is 0 Å². The fourth-order valence-electron chi connectivity index (χ4n) is 4.15. The van der Waals surface area contributed by atoms with Crippen molar-refractivity contribution in [3.8, 4) is 5.69 Å². The molecule has 35 heavy (non-hydrogen) atoms. The first-order chi connectivity index (χ1) is 16.8. The highest BCUT2D eigenvalue weighted by Crippen LogP contribution is 2.18. The minimum atomic E-state index is -3.50. The quantitative estimate of drug-likeness (QED) is 0.492. The summed E-state index contributed by atoms with van der Waals surface area (Å²) in [6.07, 6.45) is 1.66. The molecule has 1 saturated heterocycles. The zero-order valence-electron chi connectivity index (χ0n) is 20.2. The molecule has 0 radical (unpaired) electrons. The number of ether oxygens (including phenoxy) is 1. The third-order valence-corrected chi connectivity index (χ3v) is 8.01. The third kappa shape index (κ3) is 6.36. The first kappa shape index (κ1) is 25.1. The van der Waals surface area contributed by atoms with Crippen molar-refractivity contribution in [3.05, 3.63) is 77.1 Å². The Morgan fingerprint density at radius 2 is 1.60 bits per heavy atom. The summed E-state index contributed by atoms with van der Waals surface area (Å²) in [7, 11) is -3.50. The van der Waals surface area contributed by atoms with E-state index in [4.69, 9.17) is 4.74 Å². The number of hydrogen-bond acceptors (Lipinski definition) is 5. The molecule has 186 valence electrons. The van der Waals surface area contributed by atoms with Gasteiger partial charge < -0.3 is 10.1 Å². The van der Waals surface area contributed by atoms with E-state index in [0.29, 0.717) is 45.7 Å². The molecule has 3 aromatic rings. The van der Waals surface area contributed by atoms with Crippen LogP contribution >= 0.6 is 0 Å². The van der Waals surface area contributed by atoms with Crippen molar-refractivity contribution >= 4 is 15.9 Å². The van der Waals surface area contributed by atoms with Gasteiger partial charge in [0.05, 0.1) is 29.5 Å². The molecule has 4 rings (SSSR count). The summed E-state index contributed by atoms with van der Waals surface area (Å²) in [4.78, 5) is 12.6. The Balaban J connectivity index is 1.21. The average Bonchev–Trinajstić information content (AvgIpc) is 3.21. The lowest BCUT2D eigenvalue weighted by atomic mass is 10.1. The first-order valence-electron chi connectivity index (χ1n) is 11.9. The summed E-state index contributed by atoms with van der Waals surface area (Å²) < 4.78 is 34.0. The summed E-state index contributed by atoms with van der Waals surface area (Å²) in [6.45, 7) is 6.16. The fourth-order valence-corrected chi connectivity index (χ4v) is 5.56. The predicted molar refractivity (Wildman–Crippen MR) is 134 cm³/mol. The van der Waals surface area contributed by atoms with Crippen molar-refractivity contribution in [1.29, 1.82) is 0 Å². The Kier molecular flexibility index (Phi) is 8.00. The number of carbonyl (C=O) groups excluding carboxylic acids is 1. The van der Waals surface area contributed by atoms with Crippen LogP contribution in [0.1, 0.15) is 28.9 Å². The van der Waals surface area contributed by atoms with Crippen LogP contribution in [0.5, 0.6) is 0 Å². The van der Waals surface area contributed by atoms with Crippen molar-refractivity contribution in [2.24, 2.45) is 0 Å². The smallest absolute Gasteiger partial charge is 0.243 e. The second kappa shape index (κ2) is 11.2. The number of aromatic nitrogens is 2. The highest BCUT2D eigenvalue weighted by molar-refractivity contribution is 7.89. The molecule has 1 N–H and O–H groups in total. The topological polar surface area (TPSA) is 93.5 Å². The summed E-state index contributed by atoms with van der Waals surface area (Å²) in [6, 6.07) is 17.1. The number of rotatable bonds is 9. The molecule has 1 fully saturated rings. The molecule has 2 heterocycles. The Bertz CT molecular complexity index is 1250. The van der Waals surface area contributed by atoms with Crippen molar-refractivity contribution < 1.29 is 17.9 Å². The molecule has 1 aliphatic rings. The van der Waals surface area contributed by atoms with E-state index in [-0.39, 0.29) is 10.8 Å². The Hall–Kier alpha value is -3.01. The molecule has 1 aliphatic heterocycles. The maximum Gasteiger partial charge on any atom is 0.243 e. The van der Waals surface area contributed by atoms with Crippen LogP contribution in [-0.4, -0.2) is 61.3 Å². The van der Waals surface area contributed by atoms with E-state index in [1.54, 1.807) is 24.3 Å². The van der Waals surface area contributed by atoms with Crippen LogP contribution in [-0.2, 0) is 32.4 Å². The first-order valence-corrected chi connectivity index (χ1v) is 13.3. The molecule has 0 unspecified atom stereocenters. The molecule has 9 heteroatoms. The molecule has 0 spiro atoms. The van der Waals surface area contributed by atoms with Crippen LogP contribution in [0, 0.1) is 13.8 Å². The van der Waals surface area contributed by atoms with Gasteiger partial charge >= 0.3 is 0 Å². The minimum Gasteiger partial charge on any atom is -0.379 e. The van der Waals surface area contributed by atoms with Gasteiger partial charge in [0.2, 0.25) is 15.9 Å². The molecular weight excluding hydrogens is 464 g/mol. The highest BCUT2D eigenvalue weighted by Gasteiger charge is 2.26. The van der Waals surface area contributed by atoms with E-state index < -0.39 is 10.0 Å². The van der Waals surface area contributed by atoms with Gasteiger partial charge in [-0.25, -0.2) is 13.1 Å². The molecule has 0 aliphatic carbocycles. The number of amides is 1. The van der Waals surface area contributed by atoms with Crippen LogP contribution < -0.4 is 5.32 Å². The molecule has 0 saturated carbocycles. The predicted octanol–water partition coefficient (Wildman–Crippen LogP) is 2.80. The molecule has 8 nitrogen and oxygen atoms in total. The van der Waals surface area contributed by atoms with E-state index in [1.807, 2.05) is 36.7 Å². The maximum absolute atomic E-state index is 12.7. The lowest BCUT2D eigenvalue weighted by Crippen LogP contribution is -2.40. The third-order valence-electron chi connectivity index (χ3n) is 6.10. The van der Waals surface area contributed by atoms with Gasteiger partial charge in [-0.1, -0.05) is 24.3 Å². The second-order valence-corrected chi connectivity index (χ2v) is 10.7. The minimum absolute atomic E-state index is 0.0192. The van der Waals surface area contributed by atoms with Crippen LogP contribution in [0.3, 0.4) is 0 Å². The molecular formula is C26H32N4O4S.